The number of carbonyl (C=O) groups excluding carboxylic acids is 15. The number of amides is 15. The second kappa shape index (κ2) is 84.6. The maximum atomic E-state index is 14.5. The van der Waals surface area contributed by atoms with Crippen LogP contribution in [0.5, 0.6) is 0 Å². The van der Waals surface area contributed by atoms with Crippen LogP contribution in [0.1, 0.15) is 436 Å². The van der Waals surface area contributed by atoms with E-state index in [0.717, 1.165) is 64.2 Å². The first-order chi connectivity index (χ1) is 70.9. The lowest BCUT2D eigenvalue weighted by Crippen LogP contribution is -2.61. The third-order valence-corrected chi connectivity index (χ3v) is 27.5. The van der Waals surface area contributed by atoms with Crippen molar-refractivity contribution in [2.24, 2.45) is 73.6 Å². The van der Waals surface area contributed by atoms with Gasteiger partial charge >= 0.3 is 0 Å². The zero-order valence-electron chi connectivity index (χ0n) is 92.9. The highest BCUT2D eigenvalue weighted by atomic mass is 16.2. The van der Waals surface area contributed by atoms with Gasteiger partial charge in [0.05, 0.1) is 5.84 Å². The fourth-order valence-electron chi connectivity index (χ4n) is 18.3. The van der Waals surface area contributed by atoms with E-state index >= 15 is 0 Å². The summed E-state index contributed by atoms with van der Waals surface area (Å²) in [4.78, 5) is 215. The van der Waals surface area contributed by atoms with Crippen molar-refractivity contribution >= 4 is 106 Å². The molecule has 0 aliphatic carbocycles. The Morgan fingerprint density at radius 3 is 1.15 bits per heavy atom. The number of hydrogen-bond acceptors (Lipinski definition) is 20. The lowest BCUT2D eigenvalue weighted by atomic mass is 9.97. The topological polar surface area (TPSA) is 664 Å². The zero-order chi connectivity index (χ0) is 110. The molecule has 0 aromatic rings. The van der Waals surface area contributed by atoms with Crippen molar-refractivity contribution in [1.82, 2.24) is 73.6 Å². The van der Waals surface area contributed by atoms with Gasteiger partial charge in [-0.25, -0.2) is 0 Å². The van der Waals surface area contributed by atoms with Crippen LogP contribution in [-0.2, 0) is 71.9 Å². The van der Waals surface area contributed by atoms with Crippen LogP contribution < -0.4 is 110 Å². The SMILES string of the molecule is CCC(=O)N[C@H](C(=O)N[C@H](CCCN=C(N)N)C(=O)N[C@@H](CCCCC(=N)N)C(=O)N[C@@H](C(=O)N[C@@H](C)C(=O)NC(CCCN=C(N)N)C(=O)N1CCCC1C(=O)N1CCCC1C(=O)N[C@@H](CC(C)C)C(N)=O)C(C)C)C(C)CC.CCCCCCCCCCCCCCCC(=O)NCCCC[C@H](NC(=O)CCCCCCCCCCCCCCC)C(=O)N[C@H](CCCCN)C(=O)N[C@@H](CCCCN)C(=O)NCCCCCC. The van der Waals surface area contributed by atoms with Crippen LogP contribution in [0.15, 0.2) is 9.98 Å². The van der Waals surface area contributed by atoms with Gasteiger partial charge in [0, 0.05) is 65.0 Å². The van der Waals surface area contributed by atoms with Gasteiger partial charge in [-0.15, -0.1) is 0 Å². The number of guanidine groups is 2. The minimum Gasteiger partial charge on any atom is -0.388 e. The number of rotatable bonds is 87. The number of nitrogens with zero attached hydrogens (tertiary/aromatic N) is 4. The first-order valence-electron chi connectivity index (χ1n) is 57.2. The van der Waals surface area contributed by atoms with Gasteiger partial charge < -0.3 is 119 Å². The summed E-state index contributed by atoms with van der Waals surface area (Å²) in [5, 5.41) is 41.6. The average Bonchev–Trinajstić information content (AvgIpc) is 1.65. The molecule has 2 aliphatic heterocycles. The van der Waals surface area contributed by atoms with E-state index in [1.807, 2.05) is 20.8 Å². The molecule has 13 atom stereocenters. The fourth-order valence-corrected chi connectivity index (χ4v) is 18.3. The minimum absolute atomic E-state index is 0.0252. The standard InChI is InChI=1S/C56H111N7O5.C52H94N18O10/c1-4-7-10-13-15-17-19-21-23-25-27-29-31-43-52(64)59-47-39-35-42-50(61-53(65)44-32-30-28-26-24-22-20-18-16-14-11-8-5-2)55(67)63-51(41-34-37-46-58)56(68)62-49(40-33-36-45-57)54(66)60-48-38-12-9-6-3;1-9-30(7)41(67-39(71)10-2)48(78)64-33(18-13-23-60-51(56)57)44(74)63-32(17-11-12-22-38(53)54)45(75)68-40(29(5)6)47(77)62-31(8)43(73)65-34(19-14-24-61-52(58)59)49(79)70-26-16-21-37(70)50(80)69-25-15-20-36(69)46(76)66-35(42(55)72)27-28(3)4/h49-51H,4-48,57-58H2,1-3H3,(H,59,64)(H,60,66)(H,61,65)(H,62,68)(H,63,67);28-37,40-41H,9-27H2,1-8H3,(H3,53,54)(H2,55,72)(H,62,77)(H,63,74)(H,64,78)(H,65,73)(H,66,76)(H,67,71)(H,68,75)(H4,56,57,60)(H4,58,59,61)/t49-,50-,51+;30?,31-,32-,33+,34?,35-,36?,37?,40+,41-/m00/s1. The second-order valence-corrected chi connectivity index (χ2v) is 41.6. The van der Waals surface area contributed by atoms with Gasteiger partial charge in [-0.2, -0.15) is 0 Å². The van der Waals surface area contributed by atoms with Gasteiger partial charge in [0.25, 0.3) is 0 Å². The van der Waals surface area contributed by atoms with Gasteiger partial charge in [0.2, 0.25) is 88.6 Å². The van der Waals surface area contributed by atoms with Crippen LogP contribution in [0.2, 0.25) is 0 Å². The van der Waals surface area contributed by atoms with E-state index in [1.54, 1.807) is 27.7 Å². The molecule has 0 saturated carbocycles. The van der Waals surface area contributed by atoms with E-state index in [1.165, 1.54) is 152 Å². The predicted octanol–water partition coefficient (Wildman–Crippen LogP) is 9.27. The molecule has 0 spiro atoms. The molecule has 2 heterocycles. The first-order valence-corrected chi connectivity index (χ1v) is 57.2. The van der Waals surface area contributed by atoms with E-state index in [-0.39, 0.29) is 131 Å². The van der Waals surface area contributed by atoms with Crippen LogP contribution >= 0.6 is 0 Å². The highest BCUT2D eigenvalue weighted by Crippen LogP contribution is 2.28. The monoisotopic (exact) mass is 2090 g/mol. The Bertz CT molecular complexity index is 3850. The van der Waals surface area contributed by atoms with Crippen molar-refractivity contribution < 1.29 is 71.9 Å². The summed E-state index contributed by atoms with van der Waals surface area (Å²) in [6.45, 7) is 23.0. The smallest absolute Gasteiger partial charge is 0.246 e. The molecule has 2 saturated heterocycles. The summed E-state index contributed by atoms with van der Waals surface area (Å²) < 4.78 is 0. The van der Waals surface area contributed by atoms with Crippen molar-refractivity contribution in [3.63, 3.8) is 0 Å². The highest BCUT2D eigenvalue weighted by Gasteiger charge is 2.45. The fraction of sp³-hybridized carbons (Fsp3) is 0.833. The lowest BCUT2D eigenvalue weighted by Gasteiger charge is -2.33. The van der Waals surface area contributed by atoms with Crippen LogP contribution in [0.25, 0.3) is 0 Å². The summed E-state index contributed by atoms with van der Waals surface area (Å²) in [6, 6.07) is -12.5. The third kappa shape index (κ3) is 63.2. The number of hydrogen-bond donors (Lipinski definition) is 21. The Hall–Kier alpha value is -10.0. The number of unbranched alkanes of at least 4 members (excludes halogenated alkanes) is 31. The number of nitrogens with two attached hydrogens (primary N) is 8. The van der Waals surface area contributed by atoms with E-state index in [2.05, 4.69) is 94.6 Å². The third-order valence-electron chi connectivity index (χ3n) is 27.5. The molecule has 148 heavy (non-hydrogen) atoms. The molecule has 15 amide bonds. The number of carbonyl (C=O) groups is 15. The quantitative estimate of drug-likeness (QED) is 0.0153. The van der Waals surface area contributed by atoms with Crippen LogP contribution in [-0.4, -0.2) is 241 Å². The normalized spacial score (nSPS) is 15.5. The summed E-state index contributed by atoms with van der Waals surface area (Å²) in [5.41, 5.74) is 44.8. The molecular formula is C108H205N25O15. The lowest BCUT2D eigenvalue weighted by molar-refractivity contribution is -0.148. The van der Waals surface area contributed by atoms with Crippen molar-refractivity contribution in [2.45, 2.75) is 508 Å². The molecule has 0 aromatic carbocycles. The van der Waals surface area contributed by atoms with Crippen molar-refractivity contribution in [3.8, 4) is 0 Å². The maximum Gasteiger partial charge on any atom is 0.246 e. The Kier molecular flexibility index (Phi) is 77.8. The molecule has 40 heteroatoms. The number of likely N-dealkylation sites (tertiary alicyclic amines) is 2. The molecule has 40 nitrogen and oxygen atoms in total. The highest BCUT2D eigenvalue weighted by molar-refractivity contribution is 6.00. The molecule has 2 fully saturated rings. The average molecular weight is 2090 g/mol. The Morgan fingerprint density at radius 2 is 0.709 bits per heavy atom. The van der Waals surface area contributed by atoms with Gasteiger partial charge in [0.1, 0.15) is 72.5 Å². The second-order valence-electron chi connectivity index (χ2n) is 41.6. The predicted molar refractivity (Wildman–Crippen MR) is 588 cm³/mol. The number of primary amides is 1. The largest absolute Gasteiger partial charge is 0.388 e. The van der Waals surface area contributed by atoms with E-state index in [0.29, 0.717) is 135 Å². The molecule has 2 rings (SSSR count). The Balaban J connectivity index is 0.00000150. The van der Waals surface area contributed by atoms with Crippen molar-refractivity contribution in [2.75, 3.05) is 52.4 Å². The number of aliphatic imine (C=N–C) groups is 2. The molecule has 0 radical (unpaired) electrons. The number of amidine groups is 1. The summed E-state index contributed by atoms with van der Waals surface area (Å²) in [6.07, 6.45) is 46.5. The van der Waals surface area contributed by atoms with Crippen LogP contribution in [0.4, 0.5) is 0 Å². The van der Waals surface area contributed by atoms with E-state index < -0.39 is 143 Å². The molecule has 0 aromatic heterocycles. The molecule has 29 N–H and O–H groups in total. The summed E-state index contributed by atoms with van der Waals surface area (Å²) >= 11 is 0. The molecular weight excluding hydrogens is 1890 g/mol. The first kappa shape index (κ1) is 136. The van der Waals surface area contributed by atoms with E-state index in [4.69, 9.17) is 51.3 Å². The van der Waals surface area contributed by atoms with Crippen molar-refractivity contribution in [1.29, 1.82) is 5.41 Å². The van der Waals surface area contributed by atoms with Crippen LogP contribution in [0, 0.1) is 23.2 Å². The Morgan fingerprint density at radius 1 is 0.338 bits per heavy atom. The van der Waals surface area contributed by atoms with Gasteiger partial charge in [-0.1, -0.05) is 255 Å². The van der Waals surface area contributed by atoms with Gasteiger partial charge in [0.15, 0.2) is 11.9 Å². The van der Waals surface area contributed by atoms with E-state index in [9.17, 15) is 71.9 Å². The molecule has 0 bridgehead atoms. The molecule has 4 unspecified atom stereocenters. The van der Waals surface area contributed by atoms with Gasteiger partial charge in [-0.05, 0) is 185 Å². The summed E-state index contributed by atoms with van der Waals surface area (Å²) in [7, 11) is 0. The zero-order valence-corrected chi connectivity index (χ0v) is 92.9. The maximum absolute atomic E-state index is 14.5. The van der Waals surface area contributed by atoms with Gasteiger partial charge in [-0.3, -0.25) is 87.3 Å². The van der Waals surface area contributed by atoms with Crippen LogP contribution in [0.3, 0.4) is 0 Å². The summed E-state index contributed by atoms with van der Waals surface area (Å²) in [5.74, 6) is -8.74. The molecule has 2 aliphatic rings. The Labute approximate surface area is 887 Å². The van der Waals surface area contributed by atoms with Crippen molar-refractivity contribution in [3.05, 3.63) is 0 Å². The molecule has 852 valence electrons. The minimum atomic E-state index is -1.29. The number of nitrogens with one attached hydrogen (secondary N) is 13.